The molecule has 0 aliphatic carbocycles. The van der Waals surface area contributed by atoms with Crippen LogP contribution in [0.3, 0.4) is 0 Å². The molecule has 1 atom stereocenters. The summed E-state index contributed by atoms with van der Waals surface area (Å²) < 4.78 is 5.01. The van der Waals surface area contributed by atoms with Gasteiger partial charge in [0.1, 0.15) is 12.6 Å². The molecular formula is C19H21N3O4. The van der Waals surface area contributed by atoms with Crippen molar-refractivity contribution in [3.8, 4) is 0 Å². The molecule has 0 aromatic heterocycles. The highest BCUT2D eigenvalue weighted by molar-refractivity contribution is 5.88. The van der Waals surface area contributed by atoms with E-state index in [1.165, 1.54) is 6.92 Å². The molecule has 0 aliphatic rings. The second kappa shape index (κ2) is 9.83. The fraction of sp³-hybridized carbons (Fsp3) is 0.211. The normalized spacial score (nSPS) is 11.1. The van der Waals surface area contributed by atoms with Gasteiger partial charge < -0.3 is 10.1 Å². The summed E-state index contributed by atoms with van der Waals surface area (Å²) in [6.07, 6.45) is -0.490. The summed E-state index contributed by atoms with van der Waals surface area (Å²) in [5.74, 6) is -0.881. The van der Waals surface area contributed by atoms with Crippen LogP contribution in [0.25, 0.3) is 0 Å². The zero-order chi connectivity index (χ0) is 18.8. The first kappa shape index (κ1) is 19.0. The number of ether oxygens (including phenoxy) is 1. The van der Waals surface area contributed by atoms with Crippen LogP contribution in [0, 0.1) is 0 Å². The second-order valence-electron chi connectivity index (χ2n) is 5.62. The first-order chi connectivity index (χ1) is 12.5. The summed E-state index contributed by atoms with van der Waals surface area (Å²) in [5, 5.41) is 2.57. The second-order valence-corrected chi connectivity index (χ2v) is 5.62. The molecule has 0 unspecified atom stereocenters. The largest absolute Gasteiger partial charge is 0.443 e. The Hall–Kier alpha value is -3.35. The van der Waals surface area contributed by atoms with Gasteiger partial charge in [0.15, 0.2) is 0 Å². The van der Waals surface area contributed by atoms with Gasteiger partial charge in [-0.25, -0.2) is 10.2 Å². The average molecular weight is 355 g/mol. The van der Waals surface area contributed by atoms with Crippen LogP contribution >= 0.6 is 0 Å². The summed E-state index contributed by atoms with van der Waals surface area (Å²) in [6.45, 7) is 1.41. The first-order valence-electron chi connectivity index (χ1n) is 8.12. The van der Waals surface area contributed by atoms with Crippen LogP contribution in [0.2, 0.25) is 0 Å². The van der Waals surface area contributed by atoms with E-state index in [9.17, 15) is 14.4 Å². The van der Waals surface area contributed by atoms with Crippen molar-refractivity contribution in [3.63, 3.8) is 0 Å². The van der Waals surface area contributed by atoms with Crippen LogP contribution in [0.15, 0.2) is 60.7 Å². The summed E-state index contributed by atoms with van der Waals surface area (Å²) in [7, 11) is 0. The number of hydrogen-bond donors (Lipinski definition) is 3. The van der Waals surface area contributed by atoms with E-state index in [2.05, 4.69) is 16.2 Å². The van der Waals surface area contributed by atoms with Crippen molar-refractivity contribution in [3.05, 3.63) is 71.8 Å². The molecule has 0 spiro atoms. The number of nitrogens with one attached hydrogen (secondary N) is 3. The number of amides is 3. The SMILES string of the molecule is CC(=O)N[C@@H](Cc1ccccc1)C(=O)NNC(=O)OCc1ccccc1. The van der Waals surface area contributed by atoms with Gasteiger partial charge in [-0.3, -0.25) is 15.0 Å². The Kier molecular flexibility index (Phi) is 7.17. The lowest BCUT2D eigenvalue weighted by Crippen LogP contribution is -2.52. The van der Waals surface area contributed by atoms with Gasteiger partial charge in [-0.2, -0.15) is 0 Å². The summed E-state index contributed by atoms with van der Waals surface area (Å²) in [5.41, 5.74) is 6.16. The Morgan fingerprint density at radius 1 is 0.885 bits per heavy atom. The predicted octanol–water partition coefficient (Wildman–Crippen LogP) is 1.69. The van der Waals surface area contributed by atoms with Gasteiger partial charge in [0.25, 0.3) is 5.91 Å². The highest BCUT2D eigenvalue weighted by Crippen LogP contribution is 2.04. The third-order valence-corrected chi connectivity index (χ3v) is 3.48. The smallest absolute Gasteiger partial charge is 0.426 e. The predicted molar refractivity (Wildman–Crippen MR) is 95.7 cm³/mol. The Labute approximate surface area is 151 Å². The van der Waals surface area contributed by atoms with Crippen molar-refractivity contribution < 1.29 is 19.1 Å². The van der Waals surface area contributed by atoms with E-state index in [1.54, 1.807) is 0 Å². The molecule has 3 amide bonds. The van der Waals surface area contributed by atoms with Crippen molar-refractivity contribution >= 4 is 17.9 Å². The molecular weight excluding hydrogens is 334 g/mol. The molecule has 0 saturated heterocycles. The zero-order valence-corrected chi connectivity index (χ0v) is 14.4. The third-order valence-electron chi connectivity index (χ3n) is 3.48. The fourth-order valence-corrected chi connectivity index (χ4v) is 2.26. The molecule has 2 aromatic rings. The molecule has 0 aliphatic heterocycles. The minimum atomic E-state index is -0.815. The number of hydrazine groups is 1. The van der Waals surface area contributed by atoms with Crippen molar-refractivity contribution in [1.82, 2.24) is 16.2 Å². The lowest BCUT2D eigenvalue weighted by Gasteiger charge is -2.18. The lowest BCUT2D eigenvalue weighted by atomic mass is 10.1. The van der Waals surface area contributed by atoms with E-state index in [-0.39, 0.29) is 12.5 Å². The Balaban J connectivity index is 1.83. The fourth-order valence-electron chi connectivity index (χ4n) is 2.26. The van der Waals surface area contributed by atoms with Gasteiger partial charge in [0, 0.05) is 13.3 Å². The van der Waals surface area contributed by atoms with E-state index in [0.717, 1.165) is 11.1 Å². The molecule has 0 saturated carbocycles. The van der Waals surface area contributed by atoms with E-state index >= 15 is 0 Å². The van der Waals surface area contributed by atoms with Crippen LogP contribution in [-0.2, 0) is 27.4 Å². The zero-order valence-electron chi connectivity index (χ0n) is 14.4. The maximum atomic E-state index is 12.3. The maximum Gasteiger partial charge on any atom is 0.426 e. The summed E-state index contributed by atoms with van der Waals surface area (Å²) >= 11 is 0. The van der Waals surface area contributed by atoms with E-state index in [0.29, 0.717) is 6.42 Å². The van der Waals surface area contributed by atoms with Crippen LogP contribution < -0.4 is 16.2 Å². The van der Waals surface area contributed by atoms with Crippen molar-refractivity contribution in [2.75, 3.05) is 0 Å². The minimum Gasteiger partial charge on any atom is -0.443 e. The van der Waals surface area contributed by atoms with Gasteiger partial charge in [-0.1, -0.05) is 60.7 Å². The van der Waals surface area contributed by atoms with E-state index in [1.807, 2.05) is 60.7 Å². The Bertz CT molecular complexity index is 735. The minimum absolute atomic E-state index is 0.0850. The highest BCUT2D eigenvalue weighted by atomic mass is 16.6. The molecule has 0 radical (unpaired) electrons. The van der Waals surface area contributed by atoms with Crippen LogP contribution in [0.4, 0.5) is 4.79 Å². The number of benzene rings is 2. The molecule has 2 aromatic carbocycles. The third kappa shape index (κ3) is 6.64. The quantitative estimate of drug-likeness (QED) is 0.687. The van der Waals surface area contributed by atoms with Crippen molar-refractivity contribution in [1.29, 1.82) is 0 Å². The molecule has 0 heterocycles. The van der Waals surface area contributed by atoms with Gasteiger partial charge in [-0.05, 0) is 11.1 Å². The van der Waals surface area contributed by atoms with E-state index in [4.69, 9.17) is 4.74 Å². The monoisotopic (exact) mass is 355 g/mol. The number of hydrogen-bond acceptors (Lipinski definition) is 4. The maximum absolute atomic E-state index is 12.3. The first-order valence-corrected chi connectivity index (χ1v) is 8.12. The molecule has 7 heteroatoms. The molecule has 0 fully saturated rings. The topological polar surface area (TPSA) is 96.5 Å². The Morgan fingerprint density at radius 2 is 1.46 bits per heavy atom. The molecule has 3 N–H and O–H groups in total. The van der Waals surface area contributed by atoms with E-state index < -0.39 is 18.0 Å². The van der Waals surface area contributed by atoms with Crippen LogP contribution in [0.1, 0.15) is 18.1 Å². The number of carbonyl (C=O) groups excluding carboxylic acids is 3. The van der Waals surface area contributed by atoms with Gasteiger partial charge in [0.05, 0.1) is 0 Å². The number of carbonyl (C=O) groups is 3. The average Bonchev–Trinajstić information content (AvgIpc) is 2.65. The highest BCUT2D eigenvalue weighted by Gasteiger charge is 2.20. The summed E-state index contributed by atoms with van der Waals surface area (Å²) in [6, 6.07) is 17.6. The summed E-state index contributed by atoms with van der Waals surface area (Å²) in [4.78, 5) is 35.3. The molecule has 7 nitrogen and oxygen atoms in total. The van der Waals surface area contributed by atoms with Crippen LogP contribution in [-0.4, -0.2) is 23.9 Å². The van der Waals surface area contributed by atoms with Gasteiger partial charge in [-0.15, -0.1) is 0 Å². The molecule has 26 heavy (non-hydrogen) atoms. The van der Waals surface area contributed by atoms with Crippen LogP contribution in [0.5, 0.6) is 0 Å². The molecule has 2 rings (SSSR count). The molecule has 136 valence electrons. The Morgan fingerprint density at radius 3 is 2.04 bits per heavy atom. The van der Waals surface area contributed by atoms with Crippen molar-refractivity contribution in [2.24, 2.45) is 0 Å². The number of rotatable bonds is 6. The molecule has 0 bridgehead atoms. The lowest BCUT2D eigenvalue weighted by molar-refractivity contribution is -0.128. The standard InChI is InChI=1S/C19H21N3O4/c1-14(23)20-17(12-15-8-4-2-5-9-15)18(24)21-22-19(25)26-13-16-10-6-3-7-11-16/h2-11,17H,12-13H2,1H3,(H,20,23)(H,21,24)(H,22,25)/t17-/m0/s1. The van der Waals surface area contributed by atoms with Gasteiger partial charge in [0.2, 0.25) is 5.91 Å². The van der Waals surface area contributed by atoms with Gasteiger partial charge >= 0.3 is 6.09 Å². The van der Waals surface area contributed by atoms with Crippen molar-refractivity contribution in [2.45, 2.75) is 26.0 Å².